The van der Waals surface area contributed by atoms with Gasteiger partial charge in [-0.3, -0.25) is 4.79 Å². The number of amides is 1. The van der Waals surface area contributed by atoms with Crippen LogP contribution < -0.4 is 10.1 Å². The maximum absolute atomic E-state index is 12.2. The molecular weight excluding hydrogens is 447 g/mol. The van der Waals surface area contributed by atoms with Crippen LogP contribution in [0.4, 0.5) is 5.69 Å². The van der Waals surface area contributed by atoms with Gasteiger partial charge in [-0.05, 0) is 61.0 Å². The fourth-order valence-corrected chi connectivity index (χ4v) is 3.34. The van der Waals surface area contributed by atoms with Crippen LogP contribution in [-0.2, 0) is 4.79 Å². The van der Waals surface area contributed by atoms with Gasteiger partial charge < -0.3 is 14.5 Å². The van der Waals surface area contributed by atoms with Gasteiger partial charge >= 0.3 is 0 Å². The standard InChI is InChI=1S/C22H15Cl3N2O3/c1-12-9-14(6-7-16(12)23)29-11-20(28)26-13-5-8-19-18(10-13)27-22(30-19)15-3-2-4-17(24)21(15)25/h2-10H,11H2,1H3,(H,26,28). The van der Waals surface area contributed by atoms with Crippen LogP contribution in [0.3, 0.4) is 0 Å². The number of anilines is 1. The largest absolute Gasteiger partial charge is 0.484 e. The molecule has 1 amide bonds. The number of benzene rings is 3. The predicted molar refractivity (Wildman–Crippen MR) is 120 cm³/mol. The van der Waals surface area contributed by atoms with E-state index in [9.17, 15) is 4.79 Å². The zero-order valence-corrected chi connectivity index (χ0v) is 18.0. The first kappa shape index (κ1) is 20.5. The molecule has 0 saturated carbocycles. The molecule has 8 heteroatoms. The minimum atomic E-state index is -0.302. The molecule has 0 atom stereocenters. The Kier molecular flexibility index (Phi) is 5.86. The van der Waals surface area contributed by atoms with Crippen molar-refractivity contribution in [2.45, 2.75) is 6.92 Å². The van der Waals surface area contributed by atoms with Crippen molar-refractivity contribution in [2.75, 3.05) is 11.9 Å². The summed E-state index contributed by atoms with van der Waals surface area (Å²) < 4.78 is 11.3. The van der Waals surface area contributed by atoms with E-state index in [1.807, 2.05) is 6.92 Å². The number of carbonyl (C=O) groups excluding carboxylic acids is 1. The van der Waals surface area contributed by atoms with Crippen LogP contribution in [0, 0.1) is 6.92 Å². The highest BCUT2D eigenvalue weighted by Gasteiger charge is 2.14. The molecule has 0 aliphatic rings. The van der Waals surface area contributed by atoms with E-state index < -0.39 is 0 Å². The van der Waals surface area contributed by atoms with Crippen LogP contribution in [0.1, 0.15) is 5.56 Å². The van der Waals surface area contributed by atoms with Gasteiger partial charge in [-0.15, -0.1) is 0 Å². The highest BCUT2D eigenvalue weighted by molar-refractivity contribution is 6.43. The summed E-state index contributed by atoms with van der Waals surface area (Å²) >= 11 is 18.3. The summed E-state index contributed by atoms with van der Waals surface area (Å²) in [6, 6.07) is 15.6. The summed E-state index contributed by atoms with van der Waals surface area (Å²) in [5.74, 6) is 0.619. The number of ether oxygens (including phenoxy) is 1. The van der Waals surface area contributed by atoms with Crippen LogP contribution in [0.25, 0.3) is 22.6 Å². The van der Waals surface area contributed by atoms with Crippen LogP contribution in [0.5, 0.6) is 5.75 Å². The minimum Gasteiger partial charge on any atom is -0.484 e. The maximum atomic E-state index is 12.2. The molecule has 3 aromatic carbocycles. The van der Waals surface area contributed by atoms with E-state index in [1.165, 1.54) is 0 Å². The van der Waals surface area contributed by atoms with E-state index in [-0.39, 0.29) is 12.5 Å². The number of hydrogen-bond acceptors (Lipinski definition) is 4. The highest BCUT2D eigenvalue weighted by atomic mass is 35.5. The molecule has 30 heavy (non-hydrogen) atoms. The van der Waals surface area contributed by atoms with Crippen molar-refractivity contribution in [3.63, 3.8) is 0 Å². The lowest BCUT2D eigenvalue weighted by Gasteiger charge is -2.08. The first-order chi connectivity index (χ1) is 14.4. The van der Waals surface area contributed by atoms with Crippen LogP contribution in [0.2, 0.25) is 15.1 Å². The quantitative estimate of drug-likeness (QED) is 0.356. The number of oxazole rings is 1. The monoisotopic (exact) mass is 460 g/mol. The average Bonchev–Trinajstić information content (AvgIpc) is 3.14. The lowest BCUT2D eigenvalue weighted by atomic mass is 10.2. The van der Waals surface area contributed by atoms with Crippen LogP contribution in [-0.4, -0.2) is 17.5 Å². The third kappa shape index (κ3) is 4.38. The Morgan fingerprint density at radius 3 is 2.70 bits per heavy atom. The predicted octanol–water partition coefficient (Wildman–Crippen LogP) is 6.78. The Morgan fingerprint density at radius 2 is 1.90 bits per heavy atom. The van der Waals surface area contributed by atoms with Gasteiger partial charge in [0.05, 0.1) is 15.6 Å². The van der Waals surface area contributed by atoms with Gasteiger partial charge in [-0.1, -0.05) is 40.9 Å². The number of aromatic nitrogens is 1. The SMILES string of the molecule is Cc1cc(OCC(=O)Nc2ccc3oc(-c4cccc(Cl)c4Cl)nc3c2)ccc1Cl. The second kappa shape index (κ2) is 8.56. The Bertz CT molecular complexity index is 1250. The average molecular weight is 462 g/mol. The third-order valence-corrected chi connectivity index (χ3v) is 5.60. The van der Waals surface area contributed by atoms with Crippen LogP contribution in [0.15, 0.2) is 59.0 Å². The van der Waals surface area contributed by atoms with Crippen molar-refractivity contribution in [1.29, 1.82) is 0 Å². The van der Waals surface area contributed by atoms with Gasteiger partial charge in [0.25, 0.3) is 5.91 Å². The van der Waals surface area contributed by atoms with E-state index >= 15 is 0 Å². The first-order valence-corrected chi connectivity index (χ1v) is 10.1. The molecule has 1 aromatic heterocycles. The summed E-state index contributed by atoms with van der Waals surface area (Å²) in [6.07, 6.45) is 0. The summed E-state index contributed by atoms with van der Waals surface area (Å²) in [5, 5.41) is 4.21. The van der Waals surface area contributed by atoms with Crippen molar-refractivity contribution in [3.05, 3.63) is 75.2 Å². The summed E-state index contributed by atoms with van der Waals surface area (Å²) in [7, 11) is 0. The number of nitrogens with zero attached hydrogens (tertiary/aromatic N) is 1. The maximum Gasteiger partial charge on any atom is 0.262 e. The van der Waals surface area contributed by atoms with E-state index in [0.717, 1.165) is 5.56 Å². The van der Waals surface area contributed by atoms with Gasteiger partial charge in [-0.2, -0.15) is 0 Å². The van der Waals surface area contributed by atoms with Gasteiger partial charge in [0.1, 0.15) is 11.3 Å². The Morgan fingerprint density at radius 1 is 1.07 bits per heavy atom. The second-order valence-electron chi connectivity index (χ2n) is 6.55. The summed E-state index contributed by atoms with van der Waals surface area (Å²) in [4.78, 5) is 16.7. The molecule has 5 nitrogen and oxygen atoms in total. The molecule has 0 spiro atoms. The molecule has 152 valence electrons. The third-order valence-electron chi connectivity index (χ3n) is 4.35. The van der Waals surface area contributed by atoms with Gasteiger partial charge in [0, 0.05) is 10.7 Å². The van der Waals surface area contributed by atoms with Crippen molar-refractivity contribution < 1.29 is 13.9 Å². The Balaban J connectivity index is 1.47. The first-order valence-electron chi connectivity index (χ1n) is 8.94. The van der Waals surface area contributed by atoms with Crippen LogP contribution >= 0.6 is 34.8 Å². The zero-order chi connectivity index (χ0) is 21.3. The summed E-state index contributed by atoms with van der Waals surface area (Å²) in [5.41, 5.74) is 3.18. The van der Waals surface area contributed by atoms with Crippen molar-refractivity contribution >= 4 is 57.5 Å². The summed E-state index contributed by atoms with van der Waals surface area (Å²) in [6.45, 7) is 1.73. The van der Waals surface area contributed by atoms with Crippen molar-refractivity contribution in [2.24, 2.45) is 0 Å². The number of fused-ring (bicyclic) bond motifs is 1. The molecule has 0 unspecified atom stereocenters. The number of hydrogen-bond donors (Lipinski definition) is 1. The Labute approximate surface area is 187 Å². The number of nitrogens with one attached hydrogen (secondary N) is 1. The lowest BCUT2D eigenvalue weighted by molar-refractivity contribution is -0.118. The topological polar surface area (TPSA) is 64.4 Å². The van der Waals surface area contributed by atoms with E-state index in [4.69, 9.17) is 44.0 Å². The molecule has 0 aliphatic carbocycles. The van der Waals surface area contributed by atoms with Gasteiger partial charge in [0.15, 0.2) is 12.2 Å². The highest BCUT2D eigenvalue weighted by Crippen LogP contribution is 2.34. The molecule has 4 rings (SSSR count). The molecule has 0 fully saturated rings. The molecule has 0 aliphatic heterocycles. The van der Waals surface area contributed by atoms with Gasteiger partial charge in [-0.25, -0.2) is 4.98 Å². The number of aryl methyl sites for hydroxylation is 1. The number of halogens is 3. The normalized spacial score (nSPS) is 10.9. The second-order valence-corrected chi connectivity index (χ2v) is 7.74. The lowest BCUT2D eigenvalue weighted by Crippen LogP contribution is -2.20. The van der Waals surface area contributed by atoms with Gasteiger partial charge in [0.2, 0.25) is 5.89 Å². The zero-order valence-electron chi connectivity index (χ0n) is 15.7. The molecular formula is C22H15Cl3N2O3. The van der Waals surface area contributed by atoms with E-state index in [0.29, 0.717) is 49.1 Å². The van der Waals surface area contributed by atoms with Crippen molar-refractivity contribution in [1.82, 2.24) is 4.98 Å². The van der Waals surface area contributed by atoms with Crippen molar-refractivity contribution in [3.8, 4) is 17.2 Å². The molecule has 0 saturated heterocycles. The van der Waals surface area contributed by atoms with E-state index in [1.54, 1.807) is 54.6 Å². The molecule has 4 aromatic rings. The van der Waals surface area contributed by atoms with E-state index in [2.05, 4.69) is 10.3 Å². The fraction of sp³-hybridized carbons (Fsp3) is 0.0909. The Hall–Kier alpha value is -2.73. The number of carbonyl (C=O) groups is 1. The fourth-order valence-electron chi connectivity index (χ4n) is 2.84. The minimum absolute atomic E-state index is 0.138. The molecule has 1 N–H and O–H groups in total. The number of rotatable bonds is 5. The molecule has 0 bridgehead atoms. The smallest absolute Gasteiger partial charge is 0.262 e. The molecule has 0 radical (unpaired) electrons. The molecule has 1 heterocycles.